The van der Waals surface area contributed by atoms with E-state index >= 15 is 0 Å². The van der Waals surface area contributed by atoms with Gasteiger partial charge in [-0.25, -0.2) is 0 Å². The summed E-state index contributed by atoms with van der Waals surface area (Å²) in [7, 11) is 1.58. The monoisotopic (exact) mass is 598 g/mol. The summed E-state index contributed by atoms with van der Waals surface area (Å²) in [4.78, 5) is 28.5. The summed E-state index contributed by atoms with van der Waals surface area (Å²) in [6, 6.07) is 44.0. The van der Waals surface area contributed by atoms with Crippen molar-refractivity contribution in [2.75, 3.05) is 13.7 Å². The maximum Gasteiger partial charge on any atom is 0.233 e. The first-order valence-corrected chi connectivity index (χ1v) is 15.2. The summed E-state index contributed by atoms with van der Waals surface area (Å²) < 4.78 is 11.5. The summed E-state index contributed by atoms with van der Waals surface area (Å²) in [5.41, 5.74) is 4.03. The Morgan fingerprint density at radius 2 is 0.956 bits per heavy atom. The molecule has 5 aromatic carbocycles. The van der Waals surface area contributed by atoms with Gasteiger partial charge in [0.05, 0.1) is 25.6 Å². The lowest BCUT2D eigenvalue weighted by molar-refractivity contribution is -0.125. The fourth-order valence-corrected chi connectivity index (χ4v) is 5.42. The lowest BCUT2D eigenvalue weighted by atomic mass is 9.89. The van der Waals surface area contributed by atoms with Crippen LogP contribution in [-0.4, -0.2) is 25.5 Å². The second-order valence-electron chi connectivity index (χ2n) is 10.7. The highest BCUT2D eigenvalue weighted by atomic mass is 16.5. The Hall–Kier alpha value is -5.36. The number of methoxy groups -OCH3 is 1. The molecule has 0 aliphatic rings. The number of carbonyl (C=O) groups is 2. The number of hydrogen-bond acceptors (Lipinski definition) is 4. The van der Waals surface area contributed by atoms with Crippen LogP contribution in [0.5, 0.6) is 11.5 Å². The first-order chi connectivity index (χ1) is 22.1. The van der Waals surface area contributed by atoms with Crippen molar-refractivity contribution in [1.29, 1.82) is 0 Å². The number of amides is 2. The number of rotatable bonds is 13. The Kier molecular flexibility index (Phi) is 10.6. The number of nitrogens with one attached hydrogen (secondary N) is 2. The van der Waals surface area contributed by atoms with Crippen molar-refractivity contribution in [2.24, 2.45) is 0 Å². The van der Waals surface area contributed by atoms with Gasteiger partial charge in [0.2, 0.25) is 11.8 Å². The van der Waals surface area contributed by atoms with Crippen molar-refractivity contribution in [3.05, 3.63) is 167 Å². The van der Waals surface area contributed by atoms with Gasteiger partial charge in [0.1, 0.15) is 6.17 Å². The highest BCUT2D eigenvalue weighted by Crippen LogP contribution is 2.32. The topological polar surface area (TPSA) is 76.7 Å². The molecule has 5 aromatic rings. The van der Waals surface area contributed by atoms with Gasteiger partial charge in [0, 0.05) is 0 Å². The van der Waals surface area contributed by atoms with Crippen molar-refractivity contribution in [3.8, 4) is 11.5 Å². The molecule has 0 fully saturated rings. The molecule has 0 radical (unpaired) electrons. The van der Waals surface area contributed by atoms with Crippen LogP contribution in [0, 0.1) is 0 Å². The quantitative estimate of drug-likeness (QED) is 0.139. The minimum Gasteiger partial charge on any atom is -0.493 e. The number of ether oxygens (including phenoxy) is 2. The summed E-state index contributed by atoms with van der Waals surface area (Å²) in [6.45, 7) is 2.58. The van der Waals surface area contributed by atoms with Crippen molar-refractivity contribution >= 4 is 11.8 Å². The van der Waals surface area contributed by atoms with E-state index in [2.05, 4.69) is 10.6 Å². The summed E-state index contributed by atoms with van der Waals surface area (Å²) >= 11 is 0. The van der Waals surface area contributed by atoms with E-state index in [1.165, 1.54) is 0 Å². The minimum absolute atomic E-state index is 0.251. The highest BCUT2D eigenvalue weighted by molar-refractivity contribution is 5.90. The second-order valence-corrected chi connectivity index (χ2v) is 10.7. The molecule has 0 aliphatic heterocycles. The maximum atomic E-state index is 14.3. The third-order valence-corrected chi connectivity index (χ3v) is 7.61. The fourth-order valence-electron chi connectivity index (χ4n) is 5.42. The third-order valence-electron chi connectivity index (χ3n) is 7.61. The van der Waals surface area contributed by atoms with Crippen LogP contribution in [0.1, 0.15) is 59.2 Å². The number of hydrogen-bond donors (Lipinski definition) is 2. The Bertz CT molecular complexity index is 1490. The van der Waals surface area contributed by atoms with Crippen LogP contribution in [0.3, 0.4) is 0 Å². The summed E-state index contributed by atoms with van der Waals surface area (Å²) in [5.74, 6) is -0.588. The molecule has 0 saturated heterocycles. The van der Waals surface area contributed by atoms with E-state index < -0.39 is 18.0 Å². The van der Waals surface area contributed by atoms with Crippen LogP contribution in [0.15, 0.2) is 140 Å². The number of benzene rings is 5. The van der Waals surface area contributed by atoms with Gasteiger partial charge in [-0.05, 0) is 46.4 Å². The molecule has 0 aliphatic carbocycles. The molecular formula is C39H38N2O4. The molecule has 0 saturated carbocycles. The van der Waals surface area contributed by atoms with Crippen molar-refractivity contribution < 1.29 is 19.1 Å². The smallest absolute Gasteiger partial charge is 0.233 e. The fraction of sp³-hybridized carbons (Fsp3) is 0.179. The zero-order valence-corrected chi connectivity index (χ0v) is 25.6. The first-order valence-electron chi connectivity index (χ1n) is 15.2. The number of carbonyl (C=O) groups excluding carboxylic acids is 2. The van der Waals surface area contributed by atoms with Gasteiger partial charge in [-0.2, -0.15) is 0 Å². The predicted octanol–water partition coefficient (Wildman–Crippen LogP) is 7.38. The predicted molar refractivity (Wildman–Crippen MR) is 177 cm³/mol. The van der Waals surface area contributed by atoms with E-state index in [9.17, 15) is 9.59 Å². The zero-order chi connectivity index (χ0) is 31.4. The van der Waals surface area contributed by atoms with E-state index in [1.807, 2.05) is 140 Å². The van der Waals surface area contributed by atoms with E-state index in [-0.39, 0.29) is 11.8 Å². The molecule has 2 amide bonds. The van der Waals surface area contributed by atoms with E-state index in [0.717, 1.165) is 28.7 Å². The van der Waals surface area contributed by atoms with E-state index in [1.54, 1.807) is 13.2 Å². The van der Waals surface area contributed by atoms with Gasteiger partial charge in [-0.3, -0.25) is 9.59 Å². The largest absolute Gasteiger partial charge is 0.493 e. The van der Waals surface area contributed by atoms with Gasteiger partial charge in [-0.15, -0.1) is 0 Å². The molecular weight excluding hydrogens is 560 g/mol. The average Bonchev–Trinajstić information content (AvgIpc) is 3.09. The molecule has 2 N–H and O–H groups in total. The molecule has 0 atom stereocenters. The molecule has 6 nitrogen and oxygen atoms in total. The molecule has 0 unspecified atom stereocenters. The van der Waals surface area contributed by atoms with Gasteiger partial charge in [0.25, 0.3) is 0 Å². The van der Waals surface area contributed by atoms with Gasteiger partial charge >= 0.3 is 0 Å². The van der Waals surface area contributed by atoms with Gasteiger partial charge in [-0.1, -0.05) is 134 Å². The Labute approximate surface area is 265 Å². The van der Waals surface area contributed by atoms with Crippen LogP contribution >= 0.6 is 0 Å². The average molecular weight is 599 g/mol. The molecule has 45 heavy (non-hydrogen) atoms. The second kappa shape index (κ2) is 15.4. The molecule has 0 aromatic heterocycles. The normalized spacial score (nSPS) is 11.0. The Morgan fingerprint density at radius 1 is 0.556 bits per heavy atom. The third kappa shape index (κ3) is 7.78. The maximum absolute atomic E-state index is 14.3. The molecule has 0 heterocycles. The van der Waals surface area contributed by atoms with E-state index in [4.69, 9.17) is 9.47 Å². The molecule has 228 valence electrons. The standard InChI is InChI=1S/C39H38N2O4/c1-3-26-45-33-25-24-32(27-34(33)44-2)37(40-38(42)35(28-16-8-4-9-17-28)29-18-10-5-11-19-29)41-39(43)36(30-20-12-6-13-21-30)31-22-14-7-15-23-31/h4-25,27,35-37H,3,26H2,1-2H3,(H,40,42)(H,41,43). The molecule has 6 heteroatoms. The SMILES string of the molecule is CCCOc1ccc(C(NC(=O)C(c2ccccc2)c2ccccc2)NC(=O)C(c2ccccc2)c2ccccc2)cc1OC. The van der Waals surface area contributed by atoms with Crippen LogP contribution in [-0.2, 0) is 9.59 Å². The van der Waals surface area contributed by atoms with Crippen molar-refractivity contribution in [1.82, 2.24) is 10.6 Å². The summed E-state index contributed by atoms with van der Waals surface area (Å²) in [6.07, 6.45) is -0.0237. The molecule has 5 rings (SSSR count). The minimum atomic E-state index is -0.871. The molecule has 0 bridgehead atoms. The van der Waals surface area contributed by atoms with Gasteiger partial charge < -0.3 is 20.1 Å². The summed E-state index contributed by atoms with van der Waals surface area (Å²) in [5, 5.41) is 6.33. The van der Waals surface area contributed by atoms with Crippen LogP contribution < -0.4 is 20.1 Å². The Balaban J connectivity index is 1.54. The van der Waals surface area contributed by atoms with Crippen molar-refractivity contribution in [2.45, 2.75) is 31.3 Å². The lowest BCUT2D eigenvalue weighted by Crippen LogP contribution is -2.44. The van der Waals surface area contributed by atoms with Crippen LogP contribution in [0.4, 0.5) is 0 Å². The lowest BCUT2D eigenvalue weighted by Gasteiger charge is -2.27. The highest BCUT2D eigenvalue weighted by Gasteiger charge is 2.30. The Morgan fingerprint density at radius 3 is 1.31 bits per heavy atom. The zero-order valence-electron chi connectivity index (χ0n) is 25.6. The van der Waals surface area contributed by atoms with Crippen LogP contribution in [0.25, 0.3) is 0 Å². The van der Waals surface area contributed by atoms with Gasteiger partial charge in [0.15, 0.2) is 11.5 Å². The van der Waals surface area contributed by atoms with Crippen molar-refractivity contribution in [3.63, 3.8) is 0 Å². The van der Waals surface area contributed by atoms with Crippen LogP contribution in [0.2, 0.25) is 0 Å². The first kappa shape index (κ1) is 31.1. The van der Waals surface area contributed by atoms with E-state index in [0.29, 0.717) is 23.7 Å². The molecule has 0 spiro atoms.